The Hall–Kier alpha value is -3.36. The van der Waals surface area contributed by atoms with Crippen molar-refractivity contribution in [3.63, 3.8) is 0 Å². The molecule has 208 valence electrons. The number of hydrogen-bond donors (Lipinski definition) is 1. The Morgan fingerprint density at radius 3 is 2.05 bits per heavy atom. The number of carbonyl (C=O) groups excluding carboxylic acids is 2. The largest absolute Gasteiger partial charge is 0.350 e. The van der Waals surface area contributed by atoms with E-state index in [1.54, 1.807) is 24.3 Å². The first-order valence-electron chi connectivity index (χ1n) is 12.7. The van der Waals surface area contributed by atoms with Crippen LogP contribution in [0.1, 0.15) is 37.5 Å². The minimum absolute atomic E-state index is 0.119. The van der Waals surface area contributed by atoms with Crippen LogP contribution in [0, 0.1) is 6.92 Å². The molecule has 1 unspecified atom stereocenters. The van der Waals surface area contributed by atoms with Gasteiger partial charge in [0.25, 0.3) is 0 Å². The molecular weight excluding hydrogens is 534 g/mol. The lowest BCUT2D eigenvalue weighted by molar-refractivity contribution is -0.140. The number of nitrogens with zero attached hydrogens (tertiary/aromatic N) is 2. The van der Waals surface area contributed by atoms with Crippen molar-refractivity contribution in [3.05, 3.63) is 101 Å². The topological polar surface area (TPSA) is 86.8 Å². The van der Waals surface area contributed by atoms with Crippen LogP contribution in [0.2, 0.25) is 5.02 Å². The molecule has 1 atom stereocenters. The quantitative estimate of drug-likeness (QED) is 0.373. The zero-order valence-electron chi connectivity index (χ0n) is 23.0. The molecule has 0 heterocycles. The van der Waals surface area contributed by atoms with Gasteiger partial charge in [0, 0.05) is 18.5 Å². The van der Waals surface area contributed by atoms with Crippen molar-refractivity contribution >= 4 is 39.1 Å². The van der Waals surface area contributed by atoms with E-state index in [4.69, 9.17) is 11.6 Å². The number of aryl methyl sites for hydroxylation is 1. The summed E-state index contributed by atoms with van der Waals surface area (Å²) in [6.07, 6.45) is 1.28. The van der Waals surface area contributed by atoms with Gasteiger partial charge in [0.05, 0.1) is 17.0 Å². The molecule has 0 aliphatic carbocycles. The monoisotopic (exact) mass is 569 g/mol. The average molecular weight is 570 g/mol. The van der Waals surface area contributed by atoms with E-state index in [1.165, 1.54) is 4.90 Å². The van der Waals surface area contributed by atoms with Crippen molar-refractivity contribution in [1.82, 2.24) is 10.2 Å². The van der Waals surface area contributed by atoms with Crippen molar-refractivity contribution in [2.75, 3.05) is 17.1 Å². The molecule has 0 aromatic heterocycles. The standard InChI is InChI=1S/C30H36ClN3O4S/c1-22-15-17-24(18-16-22)20-33(27(29(36)32-30(2,3)4)19-23-11-7-6-8-12-23)28(35)21-34(39(5,37)38)26-14-10-9-13-25(26)31/h6-18,27H,19-21H2,1-5H3,(H,32,36). The molecule has 0 saturated carbocycles. The van der Waals surface area contributed by atoms with Crippen molar-refractivity contribution in [2.45, 2.75) is 52.2 Å². The highest BCUT2D eigenvalue weighted by Crippen LogP contribution is 2.28. The molecule has 9 heteroatoms. The third-order valence-corrected chi connectivity index (χ3v) is 7.49. The number of amides is 2. The number of benzene rings is 3. The number of anilines is 1. The lowest BCUT2D eigenvalue weighted by Gasteiger charge is -2.35. The molecule has 1 N–H and O–H groups in total. The Kier molecular flexibility index (Phi) is 9.80. The summed E-state index contributed by atoms with van der Waals surface area (Å²) in [5.74, 6) is -0.846. The predicted octanol–water partition coefficient (Wildman–Crippen LogP) is 4.97. The fourth-order valence-corrected chi connectivity index (χ4v) is 5.30. The van der Waals surface area contributed by atoms with Gasteiger partial charge in [0.15, 0.2) is 0 Å². The maximum Gasteiger partial charge on any atom is 0.244 e. The number of carbonyl (C=O) groups is 2. The van der Waals surface area contributed by atoms with E-state index in [0.29, 0.717) is 0 Å². The molecular formula is C30H36ClN3O4S. The minimum Gasteiger partial charge on any atom is -0.350 e. The van der Waals surface area contributed by atoms with Gasteiger partial charge in [-0.05, 0) is 51.0 Å². The number of hydrogen-bond acceptors (Lipinski definition) is 4. The van der Waals surface area contributed by atoms with Crippen molar-refractivity contribution in [2.24, 2.45) is 0 Å². The molecule has 2 amide bonds. The number of nitrogens with one attached hydrogen (secondary N) is 1. The van der Waals surface area contributed by atoms with Gasteiger partial charge in [-0.15, -0.1) is 0 Å². The van der Waals surface area contributed by atoms with Gasteiger partial charge in [-0.2, -0.15) is 0 Å². The normalized spacial score (nSPS) is 12.5. The van der Waals surface area contributed by atoms with Gasteiger partial charge >= 0.3 is 0 Å². The number of rotatable bonds is 10. The highest BCUT2D eigenvalue weighted by molar-refractivity contribution is 7.92. The van der Waals surface area contributed by atoms with Crippen molar-refractivity contribution in [1.29, 1.82) is 0 Å². The molecule has 3 aromatic rings. The summed E-state index contributed by atoms with van der Waals surface area (Å²) in [4.78, 5) is 29.2. The maximum atomic E-state index is 14.1. The van der Waals surface area contributed by atoms with Crippen molar-refractivity contribution in [3.8, 4) is 0 Å². The van der Waals surface area contributed by atoms with Crippen LogP contribution in [0.5, 0.6) is 0 Å². The van der Waals surface area contributed by atoms with Gasteiger partial charge in [-0.3, -0.25) is 13.9 Å². The molecule has 0 spiro atoms. The molecule has 0 aliphatic rings. The lowest BCUT2D eigenvalue weighted by Crippen LogP contribution is -2.56. The van der Waals surface area contributed by atoms with Crippen LogP contribution in [0.25, 0.3) is 0 Å². The second-order valence-corrected chi connectivity index (χ2v) is 13.0. The summed E-state index contributed by atoms with van der Waals surface area (Å²) < 4.78 is 26.7. The van der Waals surface area contributed by atoms with Gasteiger partial charge in [-0.25, -0.2) is 8.42 Å². The molecule has 3 rings (SSSR count). The Balaban J connectivity index is 2.08. The number of para-hydroxylation sites is 1. The Morgan fingerprint density at radius 1 is 0.897 bits per heavy atom. The Labute approximate surface area is 236 Å². The van der Waals surface area contributed by atoms with E-state index in [0.717, 1.165) is 27.3 Å². The van der Waals surface area contributed by atoms with E-state index in [9.17, 15) is 18.0 Å². The first-order chi connectivity index (χ1) is 18.2. The van der Waals surface area contributed by atoms with E-state index >= 15 is 0 Å². The van der Waals surface area contributed by atoms with Gasteiger partial charge in [-0.1, -0.05) is 83.9 Å². The van der Waals surface area contributed by atoms with Gasteiger partial charge in [0.1, 0.15) is 12.6 Å². The zero-order chi connectivity index (χ0) is 28.8. The van der Waals surface area contributed by atoms with Crippen LogP contribution in [0.4, 0.5) is 5.69 Å². The van der Waals surface area contributed by atoms with Crippen LogP contribution in [0.3, 0.4) is 0 Å². The van der Waals surface area contributed by atoms with Crippen LogP contribution >= 0.6 is 11.6 Å². The van der Waals surface area contributed by atoms with E-state index in [-0.39, 0.29) is 29.6 Å². The zero-order valence-corrected chi connectivity index (χ0v) is 24.6. The summed E-state index contributed by atoms with van der Waals surface area (Å²) in [5, 5.41) is 3.21. The number of sulfonamides is 1. The fraction of sp³-hybridized carbons (Fsp3) is 0.333. The first-order valence-corrected chi connectivity index (χ1v) is 14.9. The average Bonchev–Trinajstić information content (AvgIpc) is 2.85. The fourth-order valence-electron chi connectivity index (χ4n) is 4.15. The highest BCUT2D eigenvalue weighted by Gasteiger charge is 2.34. The first kappa shape index (κ1) is 30.2. The molecule has 0 aliphatic heterocycles. The maximum absolute atomic E-state index is 14.1. The molecule has 39 heavy (non-hydrogen) atoms. The van der Waals surface area contributed by atoms with E-state index in [1.807, 2.05) is 82.3 Å². The minimum atomic E-state index is -3.88. The molecule has 7 nitrogen and oxygen atoms in total. The summed E-state index contributed by atoms with van der Waals surface area (Å²) in [6.45, 7) is 7.20. The van der Waals surface area contributed by atoms with Crippen LogP contribution in [-0.2, 0) is 32.6 Å². The van der Waals surface area contributed by atoms with E-state index in [2.05, 4.69) is 5.32 Å². The summed E-state index contributed by atoms with van der Waals surface area (Å²) in [7, 11) is -3.88. The Bertz CT molecular complexity index is 1390. The second kappa shape index (κ2) is 12.7. The third-order valence-electron chi connectivity index (χ3n) is 6.04. The van der Waals surface area contributed by atoms with Crippen LogP contribution < -0.4 is 9.62 Å². The molecule has 0 saturated heterocycles. The number of halogens is 1. The molecule has 3 aromatic carbocycles. The lowest BCUT2D eigenvalue weighted by atomic mass is 10.0. The highest BCUT2D eigenvalue weighted by atomic mass is 35.5. The van der Waals surface area contributed by atoms with Gasteiger partial charge in [0.2, 0.25) is 21.8 Å². The second-order valence-electron chi connectivity index (χ2n) is 10.7. The smallest absolute Gasteiger partial charge is 0.244 e. The molecule has 0 bridgehead atoms. The SMILES string of the molecule is Cc1ccc(CN(C(=O)CN(c2ccccc2Cl)S(C)(=O)=O)C(Cc2ccccc2)C(=O)NC(C)(C)C)cc1. The molecule has 0 radical (unpaired) electrons. The molecule has 0 fully saturated rings. The van der Waals surface area contributed by atoms with Crippen molar-refractivity contribution < 1.29 is 18.0 Å². The van der Waals surface area contributed by atoms with Gasteiger partial charge < -0.3 is 10.2 Å². The van der Waals surface area contributed by atoms with Crippen LogP contribution in [-0.4, -0.2) is 49.5 Å². The summed E-state index contributed by atoms with van der Waals surface area (Å²) in [5.41, 5.74) is 2.41. The Morgan fingerprint density at radius 2 is 1.49 bits per heavy atom. The summed E-state index contributed by atoms with van der Waals surface area (Å²) >= 11 is 6.33. The van der Waals surface area contributed by atoms with Crippen LogP contribution in [0.15, 0.2) is 78.9 Å². The van der Waals surface area contributed by atoms with E-state index < -0.39 is 34.1 Å². The third kappa shape index (κ3) is 8.83. The summed E-state index contributed by atoms with van der Waals surface area (Å²) in [6, 6.07) is 22.7. The predicted molar refractivity (Wildman–Crippen MR) is 157 cm³/mol.